The number of hydrogen-bond donors (Lipinski definition) is 1. The molecule has 0 saturated carbocycles. The van der Waals surface area contributed by atoms with E-state index in [2.05, 4.69) is 32.3 Å². The molecule has 0 radical (unpaired) electrons. The molecule has 0 aliphatic carbocycles. The first-order valence-corrected chi connectivity index (χ1v) is 7.40. The molecule has 0 aliphatic heterocycles. The van der Waals surface area contributed by atoms with Crippen molar-refractivity contribution in [2.75, 3.05) is 0 Å². The zero-order chi connectivity index (χ0) is 15.5. The highest BCUT2D eigenvalue weighted by atomic mass is 15.2. The van der Waals surface area contributed by atoms with Crippen LogP contribution < -0.4 is 0 Å². The average Bonchev–Trinajstić information content (AvgIpc) is 3.14. The molecule has 0 spiro atoms. The van der Waals surface area contributed by atoms with Crippen molar-refractivity contribution in [1.82, 2.24) is 20.2 Å². The summed E-state index contributed by atoms with van der Waals surface area (Å²) in [7, 11) is 0. The van der Waals surface area contributed by atoms with E-state index in [0.717, 1.165) is 22.4 Å². The fraction of sp³-hybridized carbons (Fsp3) is 0. The van der Waals surface area contributed by atoms with Crippen molar-refractivity contribution < 1.29 is 0 Å². The lowest BCUT2D eigenvalue weighted by Gasteiger charge is -2.02. The zero-order valence-corrected chi connectivity index (χ0v) is 12.3. The minimum Gasteiger partial charge on any atom is -0.257 e. The summed E-state index contributed by atoms with van der Waals surface area (Å²) in [6.45, 7) is 0. The van der Waals surface area contributed by atoms with Crippen LogP contribution in [0.4, 0.5) is 0 Å². The van der Waals surface area contributed by atoms with Gasteiger partial charge in [0.25, 0.3) is 0 Å². The van der Waals surface area contributed by atoms with Gasteiger partial charge in [0.05, 0.1) is 0 Å². The predicted octanol–water partition coefficient (Wildman–Crippen LogP) is 4.20. The summed E-state index contributed by atoms with van der Waals surface area (Å²) in [5, 5.41) is 7.26. The van der Waals surface area contributed by atoms with Gasteiger partial charge in [0, 0.05) is 11.8 Å². The lowest BCUT2D eigenvalue weighted by Crippen LogP contribution is -1.87. The van der Waals surface area contributed by atoms with Crippen LogP contribution in [0.3, 0.4) is 0 Å². The van der Waals surface area contributed by atoms with Gasteiger partial charge in [0.1, 0.15) is 5.69 Å². The van der Waals surface area contributed by atoms with Crippen LogP contribution in [-0.4, -0.2) is 20.2 Å². The maximum absolute atomic E-state index is 4.56. The van der Waals surface area contributed by atoms with Crippen LogP contribution in [0, 0.1) is 0 Å². The summed E-state index contributed by atoms with van der Waals surface area (Å²) in [4.78, 5) is 8.96. The number of rotatable bonds is 3. The summed E-state index contributed by atoms with van der Waals surface area (Å²) in [5.41, 5.74) is 4.02. The average molecular weight is 298 g/mol. The molecule has 4 rings (SSSR count). The van der Waals surface area contributed by atoms with Gasteiger partial charge >= 0.3 is 0 Å². The molecule has 0 aliphatic rings. The van der Waals surface area contributed by atoms with E-state index in [4.69, 9.17) is 0 Å². The third-order valence-electron chi connectivity index (χ3n) is 3.63. The van der Waals surface area contributed by atoms with Crippen molar-refractivity contribution in [3.05, 3.63) is 79.0 Å². The van der Waals surface area contributed by atoms with Crippen molar-refractivity contribution in [2.45, 2.75) is 0 Å². The molecule has 2 aromatic heterocycles. The van der Waals surface area contributed by atoms with Crippen molar-refractivity contribution in [1.29, 1.82) is 0 Å². The van der Waals surface area contributed by atoms with Crippen LogP contribution in [0.1, 0.15) is 0 Å². The summed E-state index contributed by atoms with van der Waals surface area (Å²) in [6.07, 6.45) is 1.79. The van der Waals surface area contributed by atoms with Crippen LogP contribution in [0.15, 0.2) is 79.0 Å². The van der Waals surface area contributed by atoms with E-state index in [1.165, 1.54) is 0 Å². The Hall–Kier alpha value is -3.27. The fourth-order valence-electron chi connectivity index (χ4n) is 2.46. The van der Waals surface area contributed by atoms with Gasteiger partial charge in [-0.2, -0.15) is 5.10 Å². The molecule has 110 valence electrons. The first-order valence-electron chi connectivity index (χ1n) is 7.40. The Kier molecular flexibility index (Phi) is 3.41. The molecule has 0 bridgehead atoms. The third-order valence-corrected chi connectivity index (χ3v) is 3.63. The number of nitrogens with zero attached hydrogens (tertiary/aromatic N) is 3. The summed E-state index contributed by atoms with van der Waals surface area (Å²) in [5.74, 6) is 1.34. The van der Waals surface area contributed by atoms with E-state index in [0.29, 0.717) is 11.6 Å². The molecule has 4 heteroatoms. The molecule has 0 amide bonds. The molecule has 0 fully saturated rings. The first-order chi connectivity index (χ1) is 11.4. The topological polar surface area (TPSA) is 54.5 Å². The van der Waals surface area contributed by atoms with Crippen molar-refractivity contribution in [3.63, 3.8) is 0 Å². The maximum atomic E-state index is 4.56. The smallest absolute Gasteiger partial charge is 0.181 e. The highest BCUT2D eigenvalue weighted by Crippen LogP contribution is 2.23. The zero-order valence-electron chi connectivity index (χ0n) is 12.3. The Morgan fingerprint density at radius 1 is 0.696 bits per heavy atom. The fourth-order valence-corrected chi connectivity index (χ4v) is 2.46. The standard InChI is InChI=1S/C19H14N4/c1-3-7-14(8-4-1)16-11-12-20-17(13-16)19-21-18(22-23-19)15-9-5-2-6-10-15/h1-13H,(H,21,22,23). The Balaban J connectivity index is 1.71. The summed E-state index contributed by atoms with van der Waals surface area (Å²) in [6, 6.07) is 24.1. The third kappa shape index (κ3) is 2.74. The van der Waals surface area contributed by atoms with E-state index in [9.17, 15) is 0 Å². The second-order valence-electron chi connectivity index (χ2n) is 5.17. The normalized spacial score (nSPS) is 10.6. The second kappa shape index (κ2) is 5.85. The SMILES string of the molecule is c1ccc(-c2ccnc(-c3nc(-c4ccccc4)n[nH]3)c2)cc1. The molecular formula is C19H14N4. The van der Waals surface area contributed by atoms with E-state index in [1.807, 2.05) is 60.7 Å². The molecule has 0 atom stereocenters. The van der Waals surface area contributed by atoms with E-state index in [1.54, 1.807) is 6.20 Å². The van der Waals surface area contributed by atoms with Gasteiger partial charge in [-0.1, -0.05) is 60.7 Å². The number of aromatic nitrogens is 4. The summed E-state index contributed by atoms with van der Waals surface area (Å²) < 4.78 is 0. The van der Waals surface area contributed by atoms with Gasteiger partial charge in [-0.3, -0.25) is 10.1 Å². The van der Waals surface area contributed by atoms with Crippen molar-refractivity contribution in [2.24, 2.45) is 0 Å². The quantitative estimate of drug-likeness (QED) is 0.616. The molecule has 2 heterocycles. The Morgan fingerprint density at radius 3 is 2.13 bits per heavy atom. The van der Waals surface area contributed by atoms with Crippen LogP contribution in [0.25, 0.3) is 34.0 Å². The van der Waals surface area contributed by atoms with Gasteiger partial charge in [-0.05, 0) is 23.3 Å². The molecule has 2 aromatic carbocycles. The van der Waals surface area contributed by atoms with Crippen molar-refractivity contribution in [3.8, 4) is 34.0 Å². The van der Waals surface area contributed by atoms with Gasteiger partial charge in [0.15, 0.2) is 11.6 Å². The first kappa shape index (κ1) is 13.4. The molecule has 4 nitrogen and oxygen atoms in total. The van der Waals surface area contributed by atoms with E-state index < -0.39 is 0 Å². The number of aromatic amines is 1. The monoisotopic (exact) mass is 298 g/mol. The molecule has 1 N–H and O–H groups in total. The minimum atomic E-state index is 0.668. The van der Waals surface area contributed by atoms with Crippen LogP contribution in [-0.2, 0) is 0 Å². The predicted molar refractivity (Wildman–Crippen MR) is 90.5 cm³/mol. The lowest BCUT2D eigenvalue weighted by molar-refractivity contribution is 1.09. The second-order valence-corrected chi connectivity index (χ2v) is 5.17. The van der Waals surface area contributed by atoms with Crippen LogP contribution in [0.2, 0.25) is 0 Å². The van der Waals surface area contributed by atoms with E-state index in [-0.39, 0.29) is 0 Å². The van der Waals surface area contributed by atoms with Gasteiger partial charge < -0.3 is 0 Å². The highest BCUT2D eigenvalue weighted by molar-refractivity contribution is 5.68. The lowest BCUT2D eigenvalue weighted by atomic mass is 10.1. The van der Waals surface area contributed by atoms with Gasteiger partial charge in [-0.25, -0.2) is 4.98 Å². The Morgan fingerprint density at radius 2 is 1.39 bits per heavy atom. The number of benzene rings is 2. The Bertz CT molecular complexity index is 914. The molecule has 0 saturated heterocycles. The number of hydrogen-bond acceptors (Lipinski definition) is 3. The number of H-pyrrole nitrogens is 1. The Labute approximate surface area is 133 Å². The maximum Gasteiger partial charge on any atom is 0.181 e. The van der Waals surface area contributed by atoms with Gasteiger partial charge in [-0.15, -0.1) is 0 Å². The molecular weight excluding hydrogens is 284 g/mol. The van der Waals surface area contributed by atoms with Crippen LogP contribution in [0.5, 0.6) is 0 Å². The largest absolute Gasteiger partial charge is 0.257 e. The minimum absolute atomic E-state index is 0.668. The number of pyridine rings is 1. The molecule has 4 aromatic rings. The van der Waals surface area contributed by atoms with Gasteiger partial charge in [0.2, 0.25) is 0 Å². The number of nitrogens with one attached hydrogen (secondary N) is 1. The highest BCUT2D eigenvalue weighted by Gasteiger charge is 2.09. The van der Waals surface area contributed by atoms with Crippen LogP contribution >= 0.6 is 0 Å². The molecule has 0 unspecified atom stereocenters. The van der Waals surface area contributed by atoms with E-state index >= 15 is 0 Å². The van der Waals surface area contributed by atoms with Crippen molar-refractivity contribution >= 4 is 0 Å². The summed E-state index contributed by atoms with van der Waals surface area (Å²) >= 11 is 0. The molecule has 23 heavy (non-hydrogen) atoms.